The van der Waals surface area contributed by atoms with Crippen molar-refractivity contribution in [3.8, 4) is 0 Å². The first-order chi connectivity index (χ1) is 8.30. The highest BCUT2D eigenvalue weighted by molar-refractivity contribution is 4.92. The molecule has 1 aromatic heterocycles. The van der Waals surface area contributed by atoms with Gasteiger partial charge in [-0.1, -0.05) is 38.3 Å². The van der Waals surface area contributed by atoms with E-state index in [9.17, 15) is 0 Å². The molecule has 1 atom stereocenters. The molecule has 4 heteroatoms. The van der Waals surface area contributed by atoms with Gasteiger partial charge in [0, 0.05) is 19.3 Å². The number of hydrogen-bond acceptors (Lipinski definition) is 3. The molecule has 0 aliphatic rings. The lowest BCUT2D eigenvalue weighted by atomic mass is 9.99. The van der Waals surface area contributed by atoms with Crippen molar-refractivity contribution in [3.05, 3.63) is 11.9 Å². The van der Waals surface area contributed by atoms with Gasteiger partial charge in [0.05, 0.1) is 5.69 Å². The maximum Gasteiger partial charge on any atom is 0.0828 e. The van der Waals surface area contributed by atoms with E-state index in [0.717, 1.165) is 25.1 Å². The molecule has 0 saturated carbocycles. The number of nitrogens with zero attached hydrogens (tertiary/aromatic N) is 3. The van der Waals surface area contributed by atoms with E-state index in [1.54, 1.807) is 0 Å². The third-order valence-electron chi connectivity index (χ3n) is 3.17. The summed E-state index contributed by atoms with van der Waals surface area (Å²) < 4.78 is 1.95. The van der Waals surface area contributed by atoms with E-state index in [1.807, 2.05) is 10.9 Å². The molecule has 0 bridgehead atoms. The highest BCUT2D eigenvalue weighted by Crippen LogP contribution is 2.14. The van der Waals surface area contributed by atoms with Crippen molar-refractivity contribution in [2.24, 2.45) is 5.92 Å². The average molecular weight is 239 g/mol. The van der Waals surface area contributed by atoms with Crippen molar-refractivity contribution in [2.45, 2.75) is 58.9 Å². The summed E-state index contributed by atoms with van der Waals surface area (Å²) >= 11 is 0. The molecule has 17 heavy (non-hydrogen) atoms. The molecular weight excluding hydrogens is 214 g/mol. The third kappa shape index (κ3) is 5.31. The fourth-order valence-electron chi connectivity index (χ4n) is 1.98. The molecule has 0 spiro atoms. The number of aryl methyl sites for hydroxylation is 1. The number of aliphatic hydroxyl groups is 1. The van der Waals surface area contributed by atoms with E-state index in [4.69, 9.17) is 5.11 Å². The van der Waals surface area contributed by atoms with Gasteiger partial charge in [0.15, 0.2) is 0 Å². The van der Waals surface area contributed by atoms with Gasteiger partial charge < -0.3 is 5.11 Å². The second-order valence-electron chi connectivity index (χ2n) is 4.68. The van der Waals surface area contributed by atoms with Gasteiger partial charge >= 0.3 is 0 Å². The average Bonchev–Trinajstić information content (AvgIpc) is 2.79. The second kappa shape index (κ2) is 8.23. The van der Waals surface area contributed by atoms with Crippen molar-refractivity contribution >= 4 is 0 Å². The number of hydrogen-bond donors (Lipinski definition) is 1. The zero-order valence-corrected chi connectivity index (χ0v) is 11.1. The van der Waals surface area contributed by atoms with Crippen molar-refractivity contribution in [1.82, 2.24) is 15.0 Å². The van der Waals surface area contributed by atoms with Gasteiger partial charge in [-0.25, -0.2) is 0 Å². The Hall–Kier alpha value is -0.900. The van der Waals surface area contributed by atoms with Gasteiger partial charge in [-0.2, -0.15) is 0 Å². The summed E-state index contributed by atoms with van der Waals surface area (Å²) in [5.41, 5.74) is 0.990. The molecule has 98 valence electrons. The summed E-state index contributed by atoms with van der Waals surface area (Å²) in [6.45, 7) is 5.67. The van der Waals surface area contributed by atoms with Crippen LogP contribution in [0.3, 0.4) is 0 Å². The lowest BCUT2D eigenvalue weighted by Crippen LogP contribution is -2.10. The van der Waals surface area contributed by atoms with Crippen molar-refractivity contribution < 1.29 is 5.11 Å². The van der Waals surface area contributed by atoms with Crippen LogP contribution in [0.15, 0.2) is 6.20 Å². The monoisotopic (exact) mass is 239 g/mol. The van der Waals surface area contributed by atoms with Crippen LogP contribution < -0.4 is 0 Å². The van der Waals surface area contributed by atoms with Crippen LogP contribution in [0.4, 0.5) is 0 Å². The standard InChI is InChI=1S/C13H25N3O/c1-3-5-7-12(4-2)10-16-11-13(14-15-16)8-6-9-17/h11-12,17H,3-10H2,1-2H3. The van der Waals surface area contributed by atoms with Gasteiger partial charge in [-0.05, 0) is 25.2 Å². The number of aliphatic hydroxyl groups excluding tert-OH is 1. The normalized spacial score (nSPS) is 12.9. The van der Waals surface area contributed by atoms with E-state index in [-0.39, 0.29) is 6.61 Å². The van der Waals surface area contributed by atoms with Gasteiger partial charge in [0.1, 0.15) is 0 Å². The van der Waals surface area contributed by atoms with E-state index in [2.05, 4.69) is 24.2 Å². The molecule has 1 N–H and O–H groups in total. The third-order valence-corrected chi connectivity index (χ3v) is 3.17. The fourth-order valence-corrected chi connectivity index (χ4v) is 1.98. The largest absolute Gasteiger partial charge is 0.396 e. The van der Waals surface area contributed by atoms with Crippen LogP contribution in [0.25, 0.3) is 0 Å². The van der Waals surface area contributed by atoms with E-state index >= 15 is 0 Å². The Morgan fingerprint density at radius 2 is 2.18 bits per heavy atom. The molecule has 4 nitrogen and oxygen atoms in total. The summed E-state index contributed by atoms with van der Waals surface area (Å²) in [5, 5.41) is 17.0. The summed E-state index contributed by atoms with van der Waals surface area (Å²) in [5.74, 6) is 0.711. The molecule has 0 amide bonds. The predicted octanol–water partition coefficient (Wildman–Crippen LogP) is 2.42. The van der Waals surface area contributed by atoms with Crippen LogP contribution in [-0.4, -0.2) is 26.7 Å². The Balaban J connectivity index is 2.40. The Morgan fingerprint density at radius 1 is 1.35 bits per heavy atom. The Morgan fingerprint density at radius 3 is 2.82 bits per heavy atom. The maximum absolute atomic E-state index is 8.76. The quantitative estimate of drug-likeness (QED) is 0.720. The highest BCUT2D eigenvalue weighted by atomic mass is 16.2. The molecule has 0 aliphatic carbocycles. The minimum atomic E-state index is 0.223. The molecule has 0 aromatic carbocycles. The summed E-state index contributed by atoms with van der Waals surface area (Å²) in [6.07, 6.45) is 8.64. The van der Waals surface area contributed by atoms with Crippen molar-refractivity contribution in [2.75, 3.05) is 6.61 Å². The Bertz CT molecular complexity index is 299. The molecule has 0 radical (unpaired) electrons. The zero-order chi connectivity index (χ0) is 12.5. The first-order valence-corrected chi connectivity index (χ1v) is 6.80. The number of unbranched alkanes of at least 4 members (excludes halogenated alkanes) is 1. The number of aromatic nitrogens is 3. The topological polar surface area (TPSA) is 50.9 Å². The zero-order valence-electron chi connectivity index (χ0n) is 11.1. The molecule has 1 unspecified atom stereocenters. The first-order valence-electron chi connectivity index (χ1n) is 6.80. The fraction of sp³-hybridized carbons (Fsp3) is 0.846. The van der Waals surface area contributed by atoms with Crippen LogP contribution in [0, 0.1) is 5.92 Å². The van der Waals surface area contributed by atoms with E-state index < -0.39 is 0 Å². The smallest absolute Gasteiger partial charge is 0.0828 e. The van der Waals surface area contributed by atoms with Gasteiger partial charge in [-0.3, -0.25) is 4.68 Å². The summed E-state index contributed by atoms with van der Waals surface area (Å²) in [6, 6.07) is 0. The van der Waals surface area contributed by atoms with Gasteiger partial charge in [0.2, 0.25) is 0 Å². The lowest BCUT2D eigenvalue weighted by Gasteiger charge is -2.13. The van der Waals surface area contributed by atoms with Crippen LogP contribution in [-0.2, 0) is 13.0 Å². The minimum Gasteiger partial charge on any atom is -0.396 e. The van der Waals surface area contributed by atoms with E-state index in [0.29, 0.717) is 5.92 Å². The van der Waals surface area contributed by atoms with Crippen LogP contribution in [0.5, 0.6) is 0 Å². The molecule has 1 heterocycles. The van der Waals surface area contributed by atoms with Crippen molar-refractivity contribution in [1.29, 1.82) is 0 Å². The Labute approximate surface area is 104 Å². The first kappa shape index (κ1) is 14.2. The molecular formula is C13H25N3O. The molecule has 0 saturated heterocycles. The van der Waals surface area contributed by atoms with Crippen LogP contribution in [0.2, 0.25) is 0 Å². The Kier molecular flexibility index (Phi) is 6.86. The molecule has 1 rings (SSSR count). The predicted molar refractivity (Wildman–Crippen MR) is 68.7 cm³/mol. The van der Waals surface area contributed by atoms with Crippen molar-refractivity contribution in [3.63, 3.8) is 0 Å². The second-order valence-corrected chi connectivity index (χ2v) is 4.68. The molecule has 0 aliphatic heterocycles. The van der Waals surface area contributed by atoms with Gasteiger partial charge in [0.25, 0.3) is 0 Å². The summed E-state index contributed by atoms with van der Waals surface area (Å²) in [7, 11) is 0. The van der Waals surface area contributed by atoms with Crippen LogP contribution in [0.1, 0.15) is 51.6 Å². The highest BCUT2D eigenvalue weighted by Gasteiger charge is 2.08. The maximum atomic E-state index is 8.76. The summed E-state index contributed by atoms with van der Waals surface area (Å²) in [4.78, 5) is 0. The molecule has 1 aromatic rings. The molecule has 0 fully saturated rings. The lowest BCUT2D eigenvalue weighted by molar-refractivity contribution is 0.288. The number of rotatable bonds is 9. The SMILES string of the molecule is CCCCC(CC)Cn1cc(CCCO)nn1. The van der Waals surface area contributed by atoms with E-state index in [1.165, 1.54) is 25.7 Å². The van der Waals surface area contributed by atoms with Crippen LogP contribution >= 0.6 is 0 Å². The van der Waals surface area contributed by atoms with Gasteiger partial charge in [-0.15, -0.1) is 5.10 Å². The minimum absolute atomic E-state index is 0.223.